The topological polar surface area (TPSA) is 12.9 Å². The zero-order valence-electron chi connectivity index (χ0n) is 10.9. The summed E-state index contributed by atoms with van der Waals surface area (Å²) in [5.41, 5.74) is 5.81. The average molecular weight is 235 g/mol. The SMILES string of the molecule is C=C/C=C\c1c(-c2ccccc2)ncc(C)c1C. The van der Waals surface area contributed by atoms with Crippen LogP contribution < -0.4 is 0 Å². The van der Waals surface area contributed by atoms with Crippen LogP contribution in [0.15, 0.2) is 55.3 Å². The van der Waals surface area contributed by atoms with Gasteiger partial charge in [0.1, 0.15) is 0 Å². The molecule has 0 unspecified atom stereocenters. The van der Waals surface area contributed by atoms with Gasteiger partial charge in [0, 0.05) is 17.3 Å². The van der Waals surface area contributed by atoms with Crippen molar-refractivity contribution in [2.24, 2.45) is 0 Å². The maximum absolute atomic E-state index is 4.58. The van der Waals surface area contributed by atoms with Gasteiger partial charge in [0.05, 0.1) is 5.69 Å². The first kappa shape index (κ1) is 12.3. The predicted molar refractivity (Wildman–Crippen MR) is 78.4 cm³/mol. The number of nitrogens with zero attached hydrogens (tertiary/aromatic N) is 1. The van der Waals surface area contributed by atoms with Crippen molar-refractivity contribution >= 4 is 6.08 Å². The van der Waals surface area contributed by atoms with Crippen molar-refractivity contribution in [2.45, 2.75) is 13.8 Å². The third kappa shape index (κ3) is 2.40. The molecule has 90 valence electrons. The monoisotopic (exact) mass is 235 g/mol. The average Bonchev–Trinajstić information content (AvgIpc) is 2.41. The number of hydrogen-bond donors (Lipinski definition) is 0. The van der Waals surface area contributed by atoms with E-state index in [9.17, 15) is 0 Å². The van der Waals surface area contributed by atoms with E-state index in [2.05, 4.69) is 43.6 Å². The fourth-order valence-corrected chi connectivity index (χ4v) is 1.91. The maximum atomic E-state index is 4.58. The van der Waals surface area contributed by atoms with Gasteiger partial charge in [0.15, 0.2) is 0 Å². The van der Waals surface area contributed by atoms with Crippen molar-refractivity contribution in [1.29, 1.82) is 0 Å². The second-order valence-electron chi connectivity index (χ2n) is 4.29. The van der Waals surface area contributed by atoms with Crippen LogP contribution >= 0.6 is 0 Å². The van der Waals surface area contributed by atoms with Gasteiger partial charge in [0.25, 0.3) is 0 Å². The number of aromatic nitrogens is 1. The smallest absolute Gasteiger partial charge is 0.0777 e. The highest BCUT2D eigenvalue weighted by Gasteiger charge is 2.08. The van der Waals surface area contributed by atoms with Gasteiger partial charge in [-0.05, 0) is 25.0 Å². The van der Waals surface area contributed by atoms with E-state index in [0.717, 1.165) is 11.3 Å². The van der Waals surface area contributed by atoms with E-state index in [4.69, 9.17) is 0 Å². The molecule has 0 aliphatic carbocycles. The van der Waals surface area contributed by atoms with Crippen LogP contribution in [-0.2, 0) is 0 Å². The van der Waals surface area contributed by atoms with Crippen molar-refractivity contribution in [3.63, 3.8) is 0 Å². The molecule has 0 radical (unpaired) electrons. The highest BCUT2D eigenvalue weighted by Crippen LogP contribution is 2.26. The summed E-state index contributed by atoms with van der Waals surface area (Å²) in [4.78, 5) is 4.58. The number of pyridine rings is 1. The highest BCUT2D eigenvalue weighted by atomic mass is 14.7. The molecule has 1 nitrogen and oxygen atoms in total. The second-order valence-corrected chi connectivity index (χ2v) is 4.29. The molecular weight excluding hydrogens is 218 g/mol. The summed E-state index contributed by atoms with van der Waals surface area (Å²) in [5, 5.41) is 0. The van der Waals surface area contributed by atoms with Crippen LogP contribution in [0.1, 0.15) is 16.7 Å². The van der Waals surface area contributed by atoms with Crippen molar-refractivity contribution in [3.05, 3.63) is 72.0 Å². The van der Waals surface area contributed by atoms with Crippen molar-refractivity contribution in [2.75, 3.05) is 0 Å². The van der Waals surface area contributed by atoms with Crippen molar-refractivity contribution in [1.82, 2.24) is 4.98 Å². The molecule has 0 spiro atoms. The fraction of sp³-hybridized carbons (Fsp3) is 0.118. The summed E-state index contributed by atoms with van der Waals surface area (Å²) >= 11 is 0. The Kier molecular flexibility index (Phi) is 3.73. The normalized spacial score (nSPS) is 10.8. The molecule has 0 fully saturated rings. The second kappa shape index (κ2) is 5.46. The predicted octanol–water partition coefficient (Wildman–Crippen LogP) is 4.56. The summed E-state index contributed by atoms with van der Waals surface area (Å²) in [7, 11) is 0. The molecule has 1 aromatic carbocycles. The number of aryl methyl sites for hydroxylation is 1. The Bertz CT molecular complexity index is 580. The van der Waals surface area contributed by atoms with Gasteiger partial charge in [-0.1, -0.05) is 55.1 Å². The van der Waals surface area contributed by atoms with Crippen LogP contribution in [0, 0.1) is 13.8 Å². The van der Waals surface area contributed by atoms with Crippen molar-refractivity contribution < 1.29 is 0 Å². The number of hydrogen-bond acceptors (Lipinski definition) is 1. The molecule has 18 heavy (non-hydrogen) atoms. The largest absolute Gasteiger partial charge is 0.255 e. The van der Waals surface area contributed by atoms with Crippen LogP contribution in [0.2, 0.25) is 0 Å². The Labute approximate surface area is 109 Å². The molecule has 0 saturated heterocycles. The van der Waals surface area contributed by atoms with Gasteiger partial charge >= 0.3 is 0 Å². The van der Waals surface area contributed by atoms with Gasteiger partial charge in [-0.25, -0.2) is 0 Å². The number of allylic oxidation sites excluding steroid dienone is 2. The first-order valence-electron chi connectivity index (χ1n) is 6.04. The molecule has 2 rings (SSSR count). The highest BCUT2D eigenvalue weighted by molar-refractivity contribution is 5.74. The summed E-state index contributed by atoms with van der Waals surface area (Å²) in [6.07, 6.45) is 7.75. The van der Waals surface area contributed by atoms with Gasteiger partial charge in [-0.15, -0.1) is 0 Å². The molecule has 1 heterocycles. The molecule has 2 aromatic rings. The van der Waals surface area contributed by atoms with Crippen LogP contribution in [0.3, 0.4) is 0 Å². The van der Waals surface area contributed by atoms with Crippen LogP contribution in [-0.4, -0.2) is 4.98 Å². The molecule has 0 atom stereocenters. The quantitative estimate of drug-likeness (QED) is 0.710. The minimum absolute atomic E-state index is 1.02. The maximum Gasteiger partial charge on any atom is 0.0777 e. The lowest BCUT2D eigenvalue weighted by Gasteiger charge is -2.10. The molecule has 0 aliphatic heterocycles. The molecule has 0 N–H and O–H groups in total. The first-order chi connectivity index (χ1) is 8.74. The lowest BCUT2D eigenvalue weighted by molar-refractivity contribution is 1.21. The molecule has 1 aromatic heterocycles. The molecule has 0 amide bonds. The zero-order chi connectivity index (χ0) is 13.0. The Morgan fingerprint density at radius 1 is 1.11 bits per heavy atom. The minimum atomic E-state index is 1.02. The van der Waals surface area contributed by atoms with E-state index in [-0.39, 0.29) is 0 Å². The Hall–Kier alpha value is -2.15. The lowest BCUT2D eigenvalue weighted by atomic mass is 9.98. The van der Waals surface area contributed by atoms with Crippen LogP contribution in [0.5, 0.6) is 0 Å². The zero-order valence-corrected chi connectivity index (χ0v) is 10.9. The van der Waals surface area contributed by atoms with E-state index in [1.807, 2.05) is 30.5 Å². The molecular formula is C17H17N. The van der Waals surface area contributed by atoms with E-state index < -0.39 is 0 Å². The number of rotatable bonds is 3. The number of benzene rings is 1. The minimum Gasteiger partial charge on any atom is -0.255 e. The molecule has 1 heteroatoms. The van der Waals surface area contributed by atoms with Gasteiger partial charge in [0.2, 0.25) is 0 Å². The van der Waals surface area contributed by atoms with Crippen molar-refractivity contribution in [3.8, 4) is 11.3 Å². The van der Waals surface area contributed by atoms with Crippen LogP contribution in [0.25, 0.3) is 17.3 Å². The molecule has 0 bridgehead atoms. The van der Waals surface area contributed by atoms with Gasteiger partial charge in [-0.2, -0.15) is 0 Å². The Balaban J connectivity index is 2.64. The first-order valence-corrected chi connectivity index (χ1v) is 6.04. The molecule has 0 saturated carbocycles. The standard InChI is InChI=1S/C17H17N/c1-4-5-11-16-14(3)13(2)12-18-17(16)15-9-7-6-8-10-15/h4-12H,1H2,2-3H3/b11-5-. The summed E-state index contributed by atoms with van der Waals surface area (Å²) in [6.45, 7) is 7.94. The Morgan fingerprint density at radius 2 is 1.83 bits per heavy atom. The van der Waals surface area contributed by atoms with Gasteiger partial charge < -0.3 is 0 Å². The van der Waals surface area contributed by atoms with Crippen LogP contribution in [0.4, 0.5) is 0 Å². The summed E-state index contributed by atoms with van der Waals surface area (Å²) < 4.78 is 0. The van der Waals surface area contributed by atoms with Gasteiger partial charge in [-0.3, -0.25) is 4.98 Å². The molecule has 0 aliphatic rings. The summed E-state index contributed by atoms with van der Waals surface area (Å²) in [6, 6.07) is 10.3. The van der Waals surface area contributed by atoms with E-state index in [0.29, 0.717) is 0 Å². The van der Waals surface area contributed by atoms with E-state index in [1.165, 1.54) is 16.7 Å². The van der Waals surface area contributed by atoms with E-state index in [1.54, 1.807) is 6.08 Å². The van der Waals surface area contributed by atoms with E-state index >= 15 is 0 Å². The summed E-state index contributed by atoms with van der Waals surface area (Å²) in [5.74, 6) is 0. The third-order valence-electron chi connectivity index (χ3n) is 3.08. The lowest BCUT2D eigenvalue weighted by Crippen LogP contribution is -1.94. The fourth-order valence-electron chi connectivity index (χ4n) is 1.91. The Morgan fingerprint density at radius 3 is 2.50 bits per heavy atom. The third-order valence-corrected chi connectivity index (χ3v) is 3.08.